The van der Waals surface area contributed by atoms with Gasteiger partial charge in [0.2, 0.25) is 0 Å². The first-order chi connectivity index (χ1) is 9.20. The van der Waals surface area contributed by atoms with Gasteiger partial charge in [-0.05, 0) is 18.8 Å². The zero-order valence-electron chi connectivity index (χ0n) is 13.0. The van der Waals surface area contributed by atoms with Gasteiger partial charge in [-0.25, -0.2) is 0 Å². The molecule has 19 heavy (non-hydrogen) atoms. The fourth-order valence-corrected chi connectivity index (χ4v) is 3.29. The Balaban J connectivity index is 3.64. The van der Waals surface area contributed by atoms with Crippen LogP contribution in [0.1, 0.15) is 90.9 Å². The monoisotopic (exact) mass is 289 g/mol. The smallest absolute Gasteiger partial charge is 0.0130 e. The molecule has 0 fully saturated rings. The van der Waals surface area contributed by atoms with E-state index in [0.717, 1.165) is 12.8 Å². The van der Waals surface area contributed by atoms with Crippen molar-refractivity contribution in [3.63, 3.8) is 0 Å². The maximum Gasteiger partial charge on any atom is 0.0130 e. The largest absolute Gasteiger partial charge is 0.772 e. The van der Waals surface area contributed by atoms with Crippen LogP contribution in [-0.4, -0.2) is 14.5 Å². The summed E-state index contributed by atoms with van der Waals surface area (Å²) in [7, 11) is 0. The second kappa shape index (κ2) is 14.5. The highest BCUT2D eigenvalue weighted by molar-refractivity contribution is 7.79. The van der Waals surface area contributed by atoms with E-state index in [4.69, 9.17) is 0 Å². The first-order valence-corrected chi connectivity index (χ1v) is 9.50. The molecular formula is C16H33O2S-. The highest BCUT2D eigenvalue weighted by Gasteiger charge is 2.08. The van der Waals surface area contributed by atoms with Gasteiger partial charge in [0.05, 0.1) is 0 Å². The standard InChI is InChI=1S/C16H34O2S/c1-3-5-7-9-10-12-14-16(15-19(17)18)13-11-8-6-4-2/h16H,3-15H2,1-2H3,(H,17,18)/p-1. The minimum atomic E-state index is -1.86. The van der Waals surface area contributed by atoms with E-state index in [0.29, 0.717) is 11.7 Å². The van der Waals surface area contributed by atoms with Crippen LogP contribution in [0.3, 0.4) is 0 Å². The van der Waals surface area contributed by atoms with Crippen molar-refractivity contribution in [1.29, 1.82) is 0 Å². The Labute approximate surface area is 123 Å². The Morgan fingerprint density at radius 1 is 0.789 bits per heavy atom. The van der Waals surface area contributed by atoms with Gasteiger partial charge in [0.15, 0.2) is 0 Å². The van der Waals surface area contributed by atoms with E-state index in [1.165, 1.54) is 64.2 Å². The molecule has 0 amide bonds. The van der Waals surface area contributed by atoms with Gasteiger partial charge in [-0.3, -0.25) is 4.21 Å². The third-order valence-electron chi connectivity index (χ3n) is 3.80. The first-order valence-electron chi connectivity index (χ1n) is 8.26. The molecule has 0 aromatic rings. The topological polar surface area (TPSA) is 40.1 Å². The number of hydrogen-bond acceptors (Lipinski definition) is 2. The van der Waals surface area contributed by atoms with E-state index in [1.807, 2.05) is 0 Å². The van der Waals surface area contributed by atoms with Gasteiger partial charge in [-0.1, -0.05) is 89.1 Å². The molecule has 0 aliphatic carbocycles. The van der Waals surface area contributed by atoms with Crippen molar-refractivity contribution in [1.82, 2.24) is 0 Å². The summed E-state index contributed by atoms with van der Waals surface area (Å²) in [4.78, 5) is 0. The number of hydrogen-bond donors (Lipinski definition) is 0. The molecule has 0 spiro atoms. The molecule has 0 N–H and O–H groups in total. The molecule has 0 aliphatic heterocycles. The van der Waals surface area contributed by atoms with Gasteiger partial charge in [0, 0.05) is 5.75 Å². The van der Waals surface area contributed by atoms with Gasteiger partial charge in [-0.2, -0.15) is 0 Å². The molecule has 0 radical (unpaired) electrons. The summed E-state index contributed by atoms with van der Waals surface area (Å²) >= 11 is -1.86. The van der Waals surface area contributed by atoms with E-state index in [9.17, 15) is 8.76 Å². The first kappa shape index (κ1) is 19.1. The lowest BCUT2D eigenvalue weighted by atomic mass is 9.96. The Morgan fingerprint density at radius 2 is 1.21 bits per heavy atom. The van der Waals surface area contributed by atoms with Crippen molar-refractivity contribution in [3.05, 3.63) is 0 Å². The van der Waals surface area contributed by atoms with Crippen molar-refractivity contribution in [3.8, 4) is 0 Å². The Morgan fingerprint density at radius 3 is 1.68 bits per heavy atom. The Hall–Kier alpha value is 0.110. The van der Waals surface area contributed by atoms with Crippen molar-refractivity contribution in [2.45, 2.75) is 90.9 Å². The number of unbranched alkanes of at least 4 members (excludes halogenated alkanes) is 8. The third kappa shape index (κ3) is 14.3. The molecule has 0 heterocycles. The third-order valence-corrected chi connectivity index (χ3v) is 4.55. The van der Waals surface area contributed by atoms with Crippen LogP contribution in [0.15, 0.2) is 0 Å². The summed E-state index contributed by atoms with van der Waals surface area (Å²) in [5, 5.41) is 0. The Kier molecular flexibility index (Phi) is 14.6. The molecule has 2 unspecified atom stereocenters. The van der Waals surface area contributed by atoms with Crippen LogP contribution in [-0.2, 0) is 11.1 Å². The van der Waals surface area contributed by atoms with Gasteiger partial charge in [0.1, 0.15) is 0 Å². The molecule has 3 heteroatoms. The van der Waals surface area contributed by atoms with E-state index < -0.39 is 11.1 Å². The fraction of sp³-hybridized carbons (Fsp3) is 1.00. The average molecular weight is 290 g/mol. The summed E-state index contributed by atoms with van der Waals surface area (Å²) in [5.41, 5.74) is 0. The number of rotatable bonds is 14. The Bertz CT molecular complexity index is 207. The van der Waals surface area contributed by atoms with Crippen LogP contribution in [0.2, 0.25) is 0 Å². The fourth-order valence-electron chi connectivity index (χ4n) is 2.58. The van der Waals surface area contributed by atoms with E-state index in [1.54, 1.807) is 0 Å². The lowest BCUT2D eigenvalue weighted by Gasteiger charge is -2.18. The lowest BCUT2D eigenvalue weighted by Crippen LogP contribution is -2.11. The summed E-state index contributed by atoms with van der Waals surface area (Å²) in [6.45, 7) is 4.44. The minimum absolute atomic E-state index is 0.376. The summed E-state index contributed by atoms with van der Waals surface area (Å²) in [6, 6.07) is 0. The molecule has 0 aromatic carbocycles. The summed E-state index contributed by atoms with van der Waals surface area (Å²) in [6.07, 6.45) is 15.0. The molecule has 0 aromatic heterocycles. The molecule has 0 bridgehead atoms. The van der Waals surface area contributed by atoms with Crippen LogP contribution in [0, 0.1) is 5.92 Å². The van der Waals surface area contributed by atoms with Gasteiger partial charge in [0.25, 0.3) is 0 Å². The van der Waals surface area contributed by atoms with Crippen LogP contribution < -0.4 is 0 Å². The molecule has 0 rings (SSSR count). The molecule has 2 atom stereocenters. The summed E-state index contributed by atoms with van der Waals surface area (Å²) in [5.74, 6) is 0.780. The normalized spacial score (nSPS) is 14.5. The van der Waals surface area contributed by atoms with Crippen LogP contribution in [0.5, 0.6) is 0 Å². The second-order valence-corrected chi connectivity index (χ2v) is 6.68. The molecule has 0 saturated carbocycles. The predicted octanol–water partition coefficient (Wildman–Crippen LogP) is 5.20. The maximum atomic E-state index is 10.9. The van der Waals surface area contributed by atoms with E-state index >= 15 is 0 Å². The van der Waals surface area contributed by atoms with Crippen molar-refractivity contribution >= 4 is 11.1 Å². The zero-order valence-corrected chi connectivity index (χ0v) is 13.8. The molecule has 0 aliphatic rings. The van der Waals surface area contributed by atoms with E-state index in [2.05, 4.69) is 13.8 Å². The van der Waals surface area contributed by atoms with Gasteiger partial charge < -0.3 is 4.55 Å². The molecule has 116 valence electrons. The van der Waals surface area contributed by atoms with Gasteiger partial charge >= 0.3 is 0 Å². The second-order valence-electron chi connectivity index (χ2n) is 5.74. The quantitative estimate of drug-likeness (QED) is 0.325. The average Bonchev–Trinajstić information content (AvgIpc) is 2.37. The van der Waals surface area contributed by atoms with Crippen LogP contribution in [0.4, 0.5) is 0 Å². The maximum absolute atomic E-state index is 10.9. The molecule has 2 nitrogen and oxygen atoms in total. The molecule has 0 saturated heterocycles. The SMILES string of the molecule is CCCCCCCCC(CCCCCC)CS(=O)[O-]. The summed E-state index contributed by atoms with van der Waals surface area (Å²) < 4.78 is 21.7. The minimum Gasteiger partial charge on any atom is -0.772 e. The molecular weight excluding hydrogens is 256 g/mol. The lowest BCUT2D eigenvalue weighted by molar-refractivity contribution is 0.426. The van der Waals surface area contributed by atoms with Crippen LogP contribution in [0.25, 0.3) is 0 Å². The van der Waals surface area contributed by atoms with Crippen molar-refractivity contribution in [2.75, 3.05) is 5.75 Å². The van der Waals surface area contributed by atoms with Crippen LogP contribution >= 0.6 is 0 Å². The zero-order chi connectivity index (χ0) is 14.3. The highest BCUT2D eigenvalue weighted by Crippen LogP contribution is 2.19. The van der Waals surface area contributed by atoms with Crippen molar-refractivity contribution < 1.29 is 8.76 Å². The highest BCUT2D eigenvalue weighted by atomic mass is 32.2. The van der Waals surface area contributed by atoms with Gasteiger partial charge in [-0.15, -0.1) is 0 Å². The van der Waals surface area contributed by atoms with Crippen molar-refractivity contribution in [2.24, 2.45) is 5.92 Å². The predicted molar refractivity (Wildman–Crippen MR) is 84.0 cm³/mol. The van der Waals surface area contributed by atoms with E-state index in [-0.39, 0.29) is 0 Å².